The molecule has 0 saturated carbocycles. The van der Waals surface area contributed by atoms with Gasteiger partial charge in [-0.25, -0.2) is 4.79 Å². The molecule has 0 heterocycles. The van der Waals surface area contributed by atoms with Crippen LogP contribution < -0.4 is 9.47 Å². The zero-order valence-corrected chi connectivity index (χ0v) is 11.3. The Bertz CT molecular complexity index is 565. The Morgan fingerprint density at radius 1 is 0.947 bits per heavy atom. The lowest BCUT2D eigenvalue weighted by Gasteiger charge is -2.10. The highest BCUT2D eigenvalue weighted by Gasteiger charge is 2.12. The number of ether oxygens (including phenoxy) is 2. The average Bonchev–Trinajstić information content (AvgIpc) is 2.43. The first-order valence-corrected chi connectivity index (χ1v) is 6.04. The van der Waals surface area contributed by atoms with E-state index in [2.05, 4.69) is 0 Å². The number of para-hydroxylation sites is 1. The zero-order valence-electron chi connectivity index (χ0n) is 11.3. The van der Waals surface area contributed by atoms with E-state index >= 15 is 0 Å². The van der Waals surface area contributed by atoms with E-state index in [1.807, 2.05) is 32.0 Å². The molecule has 2 aromatic rings. The molecule has 3 heteroatoms. The van der Waals surface area contributed by atoms with E-state index in [4.69, 9.17) is 9.47 Å². The minimum absolute atomic E-state index is 0.361. The molecular weight excluding hydrogens is 240 g/mol. The van der Waals surface area contributed by atoms with Crippen molar-refractivity contribution in [1.29, 1.82) is 0 Å². The molecule has 0 amide bonds. The first-order chi connectivity index (χ1) is 9.11. The maximum Gasteiger partial charge on any atom is 0.343 e. The average molecular weight is 256 g/mol. The van der Waals surface area contributed by atoms with Gasteiger partial charge in [-0.05, 0) is 49.2 Å². The van der Waals surface area contributed by atoms with Crippen molar-refractivity contribution in [3.63, 3.8) is 0 Å². The summed E-state index contributed by atoms with van der Waals surface area (Å²) < 4.78 is 10.5. The van der Waals surface area contributed by atoms with Crippen LogP contribution >= 0.6 is 0 Å². The number of rotatable bonds is 3. The largest absolute Gasteiger partial charge is 0.497 e. The second-order valence-corrected chi connectivity index (χ2v) is 4.34. The second-order valence-electron chi connectivity index (χ2n) is 4.34. The maximum absolute atomic E-state index is 12.1. The number of methoxy groups -OCH3 is 1. The van der Waals surface area contributed by atoms with Crippen LogP contribution in [0.4, 0.5) is 0 Å². The molecule has 0 spiro atoms. The topological polar surface area (TPSA) is 35.5 Å². The first-order valence-electron chi connectivity index (χ1n) is 6.04. The van der Waals surface area contributed by atoms with E-state index in [-0.39, 0.29) is 5.97 Å². The van der Waals surface area contributed by atoms with Crippen LogP contribution in [0.5, 0.6) is 11.5 Å². The lowest BCUT2D eigenvalue weighted by Crippen LogP contribution is -2.10. The Morgan fingerprint density at radius 2 is 1.53 bits per heavy atom. The SMILES string of the molecule is COc1ccc(C(=O)Oc2c(C)cccc2C)cc1. The summed E-state index contributed by atoms with van der Waals surface area (Å²) in [5.74, 6) is 0.979. The highest BCUT2D eigenvalue weighted by Crippen LogP contribution is 2.23. The molecular formula is C16H16O3. The Morgan fingerprint density at radius 3 is 2.05 bits per heavy atom. The quantitative estimate of drug-likeness (QED) is 0.622. The molecule has 98 valence electrons. The number of carbonyl (C=O) groups excluding carboxylic acids is 1. The molecule has 0 atom stereocenters. The lowest BCUT2D eigenvalue weighted by atomic mass is 10.1. The molecule has 19 heavy (non-hydrogen) atoms. The molecule has 2 aromatic carbocycles. The summed E-state index contributed by atoms with van der Waals surface area (Å²) in [6.45, 7) is 3.84. The Kier molecular flexibility index (Phi) is 3.85. The van der Waals surface area contributed by atoms with Gasteiger partial charge in [-0.3, -0.25) is 0 Å². The van der Waals surface area contributed by atoms with Crippen molar-refractivity contribution in [3.8, 4) is 11.5 Å². The van der Waals surface area contributed by atoms with Gasteiger partial charge in [0.05, 0.1) is 12.7 Å². The zero-order chi connectivity index (χ0) is 13.8. The third kappa shape index (κ3) is 2.94. The predicted molar refractivity (Wildman–Crippen MR) is 73.9 cm³/mol. The highest BCUT2D eigenvalue weighted by molar-refractivity contribution is 5.91. The summed E-state index contributed by atoms with van der Waals surface area (Å²) in [6.07, 6.45) is 0. The molecule has 0 fully saturated rings. The number of carbonyl (C=O) groups is 1. The molecule has 0 aliphatic rings. The van der Waals surface area contributed by atoms with Gasteiger partial charge in [-0.1, -0.05) is 18.2 Å². The number of aryl methyl sites for hydroxylation is 2. The van der Waals surface area contributed by atoms with Gasteiger partial charge >= 0.3 is 5.97 Å². The van der Waals surface area contributed by atoms with Crippen LogP contribution in [0.25, 0.3) is 0 Å². The van der Waals surface area contributed by atoms with Gasteiger partial charge < -0.3 is 9.47 Å². The standard InChI is InChI=1S/C16H16O3/c1-11-5-4-6-12(2)15(11)19-16(17)13-7-9-14(18-3)10-8-13/h4-10H,1-3H3. The summed E-state index contributed by atoms with van der Waals surface area (Å²) in [5.41, 5.74) is 2.40. The van der Waals surface area contributed by atoms with Crippen LogP contribution in [0.3, 0.4) is 0 Å². The molecule has 3 nitrogen and oxygen atoms in total. The first kappa shape index (κ1) is 13.1. The van der Waals surface area contributed by atoms with Crippen LogP contribution in [0, 0.1) is 13.8 Å². The van der Waals surface area contributed by atoms with Crippen molar-refractivity contribution in [3.05, 3.63) is 59.2 Å². The van der Waals surface area contributed by atoms with E-state index in [9.17, 15) is 4.79 Å². The Hall–Kier alpha value is -2.29. The smallest absolute Gasteiger partial charge is 0.343 e. The van der Waals surface area contributed by atoms with E-state index in [0.717, 1.165) is 11.1 Å². The van der Waals surface area contributed by atoms with Gasteiger partial charge in [0.15, 0.2) is 0 Å². The van der Waals surface area contributed by atoms with Crippen molar-refractivity contribution >= 4 is 5.97 Å². The van der Waals surface area contributed by atoms with Crippen molar-refractivity contribution in [2.24, 2.45) is 0 Å². The molecule has 0 aromatic heterocycles. The van der Waals surface area contributed by atoms with Crippen LogP contribution in [0.2, 0.25) is 0 Å². The maximum atomic E-state index is 12.1. The Balaban J connectivity index is 2.20. The van der Waals surface area contributed by atoms with Gasteiger partial charge in [0.25, 0.3) is 0 Å². The summed E-state index contributed by atoms with van der Waals surface area (Å²) in [7, 11) is 1.59. The van der Waals surface area contributed by atoms with Crippen LogP contribution in [0.15, 0.2) is 42.5 Å². The van der Waals surface area contributed by atoms with Gasteiger partial charge in [0.2, 0.25) is 0 Å². The molecule has 0 N–H and O–H groups in total. The second kappa shape index (κ2) is 5.57. The minimum Gasteiger partial charge on any atom is -0.497 e. The summed E-state index contributed by atoms with van der Waals surface area (Å²) in [5, 5.41) is 0. The minimum atomic E-state index is -0.361. The normalized spacial score (nSPS) is 10.1. The number of hydrogen-bond acceptors (Lipinski definition) is 3. The molecule has 2 rings (SSSR count). The van der Waals surface area contributed by atoms with Gasteiger partial charge in [0, 0.05) is 0 Å². The summed E-state index contributed by atoms with van der Waals surface area (Å²) in [4.78, 5) is 12.1. The summed E-state index contributed by atoms with van der Waals surface area (Å²) >= 11 is 0. The van der Waals surface area contributed by atoms with Crippen molar-refractivity contribution in [1.82, 2.24) is 0 Å². The van der Waals surface area contributed by atoms with Crippen LogP contribution in [-0.4, -0.2) is 13.1 Å². The monoisotopic (exact) mass is 256 g/mol. The number of esters is 1. The molecule has 0 aliphatic carbocycles. The van der Waals surface area contributed by atoms with E-state index < -0.39 is 0 Å². The molecule has 0 aliphatic heterocycles. The van der Waals surface area contributed by atoms with Crippen molar-refractivity contribution < 1.29 is 14.3 Å². The third-order valence-electron chi connectivity index (χ3n) is 2.93. The van der Waals surface area contributed by atoms with Crippen LogP contribution in [0.1, 0.15) is 21.5 Å². The number of benzene rings is 2. The molecule has 0 radical (unpaired) electrons. The highest BCUT2D eigenvalue weighted by atomic mass is 16.5. The summed E-state index contributed by atoms with van der Waals surface area (Å²) in [6, 6.07) is 12.6. The number of hydrogen-bond donors (Lipinski definition) is 0. The Labute approximate surface area is 112 Å². The van der Waals surface area contributed by atoms with E-state index in [1.54, 1.807) is 31.4 Å². The fourth-order valence-corrected chi connectivity index (χ4v) is 1.84. The van der Waals surface area contributed by atoms with Gasteiger partial charge in [0.1, 0.15) is 11.5 Å². The molecule has 0 bridgehead atoms. The van der Waals surface area contributed by atoms with Crippen molar-refractivity contribution in [2.45, 2.75) is 13.8 Å². The fourth-order valence-electron chi connectivity index (χ4n) is 1.84. The third-order valence-corrected chi connectivity index (χ3v) is 2.93. The fraction of sp³-hybridized carbons (Fsp3) is 0.188. The van der Waals surface area contributed by atoms with Gasteiger partial charge in [-0.2, -0.15) is 0 Å². The lowest BCUT2D eigenvalue weighted by molar-refractivity contribution is 0.0732. The van der Waals surface area contributed by atoms with Crippen LogP contribution in [-0.2, 0) is 0 Å². The van der Waals surface area contributed by atoms with Crippen molar-refractivity contribution in [2.75, 3.05) is 7.11 Å². The predicted octanol–water partition coefficient (Wildman–Crippen LogP) is 3.53. The van der Waals surface area contributed by atoms with E-state index in [0.29, 0.717) is 17.1 Å². The molecule has 0 unspecified atom stereocenters. The molecule has 0 saturated heterocycles. The van der Waals surface area contributed by atoms with E-state index in [1.165, 1.54) is 0 Å². The van der Waals surface area contributed by atoms with Gasteiger partial charge in [-0.15, -0.1) is 0 Å².